The average molecular weight is 355 g/mol. The van der Waals surface area contributed by atoms with E-state index >= 15 is 0 Å². The zero-order valence-corrected chi connectivity index (χ0v) is 15.4. The highest BCUT2D eigenvalue weighted by Crippen LogP contribution is 2.33. The number of carbonyl (C=O) groups excluding carboxylic acids is 1. The van der Waals surface area contributed by atoms with Gasteiger partial charge in [0.15, 0.2) is 0 Å². The Morgan fingerprint density at radius 1 is 1.31 bits per heavy atom. The number of amides is 1. The fourth-order valence-electron chi connectivity index (χ4n) is 4.36. The number of hydrogen-bond acceptors (Lipinski definition) is 6. The molecule has 0 radical (unpaired) electrons. The van der Waals surface area contributed by atoms with Crippen LogP contribution in [0.15, 0.2) is 23.1 Å². The van der Waals surface area contributed by atoms with Crippen molar-refractivity contribution in [2.45, 2.75) is 45.6 Å². The van der Waals surface area contributed by atoms with Gasteiger partial charge in [-0.3, -0.25) is 4.79 Å². The van der Waals surface area contributed by atoms with Gasteiger partial charge in [0.05, 0.1) is 11.7 Å². The van der Waals surface area contributed by atoms with Crippen molar-refractivity contribution in [1.29, 1.82) is 0 Å². The normalized spacial score (nSPS) is 22.5. The molecule has 7 nitrogen and oxygen atoms in total. The van der Waals surface area contributed by atoms with Crippen LogP contribution in [0.3, 0.4) is 0 Å². The molecule has 2 unspecified atom stereocenters. The van der Waals surface area contributed by atoms with Gasteiger partial charge in [-0.05, 0) is 45.1 Å². The molecule has 7 heteroatoms. The molecule has 26 heavy (non-hydrogen) atoms. The molecule has 0 saturated carbocycles. The predicted molar refractivity (Wildman–Crippen MR) is 96.8 cm³/mol. The molecule has 2 aliphatic heterocycles. The number of nitrogens with zero attached hydrogens (tertiary/aromatic N) is 5. The van der Waals surface area contributed by atoms with Crippen LogP contribution < -0.4 is 4.90 Å². The summed E-state index contributed by atoms with van der Waals surface area (Å²) in [6, 6.07) is 2.23. The molecule has 4 rings (SSSR count). The molecule has 2 aliphatic rings. The minimum atomic E-state index is 0.238. The number of piperidine rings is 1. The number of likely N-dealkylation sites (tertiary alicyclic amines) is 1. The first-order valence-corrected chi connectivity index (χ1v) is 9.35. The Hall–Kier alpha value is -2.44. The third-order valence-corrected chi connectivity index (χ3v) is 5.84. The van der Waals surface area contributed by atoms with Crippen molar-refractivity contribution in [1.82, 2.24) is 20.0 Å². The van der Waals surface area contributed by atoms with E-state index in [1.807, 2.05) is 19.9 Å². The third-order valence-electron chi connectivity index (χ3n) is 5.84. The second-order valence-electron chi connectivity index (χ2n) is 7.31. The van der Waals surface area contributed by atoms with Gasteiger partial charge in [-0.1, -0.05) is 5.16 Å². The highest BCUT2D eigenvalue weighted by Gasteiger charge is 2.40. The molecular formula is C19H25N5O2. The number of hydrogen-bond donors (Lipinski definition) is 0. The van der Waals surface area contributed by atoms with Crippen molar-refractivity contribution in [2.24, 2.45) is 5.92 Å². The highest BCUT2D eigenvalue weighted by molar-refractivity contribution is 5.77. The Labute approximate surface area is 153 Å². The monoisotopic (exact) mass is 355 g/mol. The number of carbonyl (C=O) groups is 1. The molecule has 2 aromatic rings. The lowest BCUT2D eigenvalue weighted by Gasteiger charge is -2.39. The maximum atomic E-state index is 12.9. The van der Waals surface area contributed by atoms with Crippen LogP contribution in [0.4, 0.5) is 5.82 Å². The number of rotatable bonds is 4. The van der Waals surface area contributed by atoms with E-state index in [4.69, 9.17) is 4.52 Å². The van der Waals surface area contributed by atoms with E-state index in [9.17, 15) is 4.79 Å². The third kappa shape index (κ3) is 3.18. The van der Waals surface area contributed by atoms with E-state index < -0.39 is 0 Å². The minimum Gasteiger partial charge on any atom is -0.361 e. The van der Waals surface area contributed by atoms with Crippen molar-refractivity contribution >= 4 is 11.7 Å². The zero-order chi connectivity index (χ0) is 18.1. The van der Waals surface area contributed by atoms with Gasteiger partial charge in [-0.2, -0.15) is 0 Å². The first-order chi connectivity index (χ1) is 12.6. The van der Waals surface area contributed by atoms with E-state index in [-0.39, 0.29) is 11.9 Å². The van der Waals surface area contributed by atoms with Crippen molar-refractivity contribution in [3.05, 3.63) is 35.6 Å². The summed E-state index contributed by atoms with van der Waals surface area (Å²) < 4.78 is 5.21. The van der Waals surface area contributed by atoms with E-state index in [1.54, 1.807) is 12.5 Å². The number of aromatic nitrogens is 3. The summed E-state index contributed by atoms with van der Waals surface area (Å²) >= 11 is 0. The Bertz CT molecular complexity index is 756. The van der Waals surface area contributed by atoms with Crippen molar-refractivity contribution in [2.75, 3.05) is 24.5 Å². The number of fused-ring (bicyclic) bond motifs is 1. The van der Waals surface area contributed by atoms with Crippen LogP contribution in [0.2, 0.25) is 0 Å². The van der Waals surface area contributed by atoms with Crippen molar-refractivity contribution < 1.29 is 9.32 Å². The molecule has 1 amide bonds. The largest absolute Gasteiger partial charge is 0.361 e. The van der Waals surface area contributed by atoms with Crippen LogP contribution in [0, 0.1) is 19.8 Å². The summed E-state index contributed by atoms with van der Waals surface area (Å²) in [5.74, 6) is 2.62. The van der Waals surface area contributed by atoms with Crippen LogP contribution in [0.5, 0.6) is 0 Å². The van der Waals surface area contributed by atoms with Gasteiger partial charge in [0.25, 0.3) is 0 Å². The second kappa shape index (κ2) is 7.05. The fourth-order valence-corrected chi connectivity index (χ4v) is 4.36. The summed E-state index contributed by atoms with van der Waals surface area (Å²) in [5, 5.41) is 3.98. The van der Waals surface area contributed by atoms with Gasteiger partial charge in [0, 0.05) is 37.8 Å². The Kier molecular flexibility index (Phi) is 4.61. The molecule has 0 aromatic carbocycles. The van der Waals surface area contributed by atoms with Crippen LogP contribution in [-0.2, 0) is 11.2 Å². The quantitative estimate of drug-likeness (QED) is 0.836. The molecule has 2 aromatic heterocycles. The van der Waals surface area contributed by atoms with Crippen LogP contribution in [0.1, 0.15) is 36.3 Å². The molecule has 2 saturated heterocycles. The Morgan fingerprint density at radius 2 is 2.15 bits per heavy atom. The maximum absolute atomic E-state index is 12.9. The molecule has 4 heterocycles. The summed E-state index contributed by atoms with van der Waals surface area (Å²) in [6.45, 7) is 6.57. The lowest BCUT2D eigenvalue weighted by molar-refractivity contribution is -0.132. The van der Waals surface area contributed by atoms with E-state index in [1.165, 1.54) is 0 Å². The number of aryl methyl sites for hydroxylation is 2. The molecule has 0 N–H and O–H groups in total. The first-order valence-electron chi connectivity index (χ1n) is 9.35. The SMILES string of the molecule is Cc1noc(C)c1CCC(=O)N1CCC2CCN(c3ccncn3)CC21. The summed E-state index contributed by atoms with van der Waals surface area (Å²) in [7, 11) is 0. The van der Waals surface area contributed by atoms with Crippen molar-refractivity contribution in [3.8, 4) is 0 Å². The van der Waals surface area contributed by atoms with E-state index in [0.29, 0.717) is 18.8 Å². The van der Waals surface area contributed by atoms with Gasteiger partial charge >= 0.3 is 0 Å². The van der Waals surface area contributed by atoms with E-state index in [0.717, 1.165) is 55.3 Å². The summed E-state index contributed by atoms with van der Waals surface area (Å²) in [6.07, 6.45) is 6.79. The van der Waals surface area contributed by atoms with Crippen LogP contribution in [-0.4, -0.2) is 51.6 Å². The fraction of sp³-hybridized carbons (Fsp3) is 0.579. The minimum absolute atomic E-state index is 0.238. The van der Waals surface area contributed by atoms with Gasteiger partial charge in [-0.25, -0.2) is 9.97 Å². The summed E-state index contributed by atoms with van der Waals surface area (Å²) in [4.78, 5) is 25.6. The topological polar surface area (TPSA) is 75.4 Å². The highest BCUT2D eigenvalue weighted by atomic mass is 16.5. The van der Waals surface area contributed by atoms with Gasteiger partial charge in [0.1, 0.15) is 17.9 Å². The molecule has 0 bridgehead atoms. The zero-order valence-electron chi connectivity index (χ0n) is 15.4. The smallest absolute Gasteiger partial charge is 0.223 e. The maximum Gasteiger partial charge on any atom is 0.223 e. The van der Waals surface area contributed by atoms with Crippen molar-refractivity contribution in [3.63, 3.8) is 0 Å². The Morgan fingerprint density at radius 3 is 2.88 bits per heavy atom. The Balaban J connectivity index is 1.41. The molecule has 0 aliphatic carbocycles. The predicted octanol–water partition coefficient (Wildman–Crippen LogP) is 2.14. The lowest BCUT2D eigenvalue weighted by atomic mass is 9.92. The lowest BCUT2D eigenvalue weighted by Crippen LogP contribution is -2.50. The number of anilines is 1. The van der Waals surface area contributed by atoms with Gasteiger partial charge in [0.2, 0.25) is 5.91 Å². The molecular weight excluding hydrogens is 330 g/mol. The molecule has 2 atom stereocenters. The molecule has 0 spiro atoms. The van der Waals surface area contributed by atoms with E-state index in [2.05, 4.69) is 24.9 Å². The average Bonchev–Trinajstić information content (AvgIpc) is 3.23. The molecule has 2 fully saturated rings. The second-order valence-corrected chi connectivity index (χ2v) is 7.31. The van der Waals surface area contributed by atoms with Gasteiger partial charge < -0.3 is 14.3 Å². The van der Waals surface area contributed by atoms with Crippen LogP contribution in [0.25, 0.3) is 0 Å². The van der Waals surface area contributed by atoms with Gasteiger partial charge in [-0.15, -0.1) is 0 Å². The molecule has 138 valence electrons. The van der Waals surface area contributed by atoms with Crippen LogP contribution >= 0.6 is 0 Å². The standard InChI is InChI=1S/C19H25N5O2/c1-13-16(14(2)26-22-13)3-4-19(25)24-10-7-15-6-9-23(11-17(15)24)18-5-8-20-12-21-18/h5,8,12,15,17H,3-4,6-7,9-11H2,1-2H3. The first kappa shape index (κ1) is 17.0. The summed E-state index contributed by atoms with van der Waals surface area (Å²) in [5.41, 5.74) is 1.96.